The summed E-state index contributed by atoms with van der Waals surface area (Å²) in [4.78, 5) is 2.38. The third kappa shape index (κ3) is 3.54. The zero-order chi connectivity index (χ0) is 13.0. The van der Waals surface area contributed by atoms with Crippen molar-refractivity contribution in [2.24, 2.45) is 0 Å². The van der Waals surface area contributed by atoms with Crippen molar-refractivity contribution in [1.82, 2.24) is 10.1 Å². The molecule has 1 aliphatic rings. The summed E-state index contributed by atoms with van der Waals surface area (Å²) in [5.74, 6) is 0.763. The molecule has 2 unspecified atom stereocenters. The monoisotopic (exact) mass is 254 g/mol. The summed E-state index contributed by atoms with van der Waals surface area (Å²) in [7, 11) is 1.64. The van der Waals surface area contributed by atoms with Gasteiger partial charge in [-0.05, 0) is 32.7 Å². The molecule has 1 aromatic heterocycles. The minimum atomic E-state index is -0.239. The van der Waals surface area contributed by atoms with Gasteiger partial charge in [-0.1, -0.05) is 5.16 Å². The van der Waals surface area contributed by atoms with Gasteiger partial charge in [0.15, 0.2) is 5.76 Å². The quantitative estimate of drug-likeness (QED) is 0.834. The van der Waals surface area contributed by atoms with E-state index in [1.54, 1.807) is 7.11 Å². The molecule has 18 heavy (non-hydrogen) atoms. The molecule has 1 aliphatic heterocycles. The molecule has 102 valence electrons. The van der Waals surface area contributed by atoms with E-state index in [2.05, 4.69) is 10.1 Å². The predicted octanol–water partition coefficient (Wildman–Crippen LogP) is 1.56. The number of aliphatic hydroxyl groups excluding tert-OH is 1. The fourth-order valence-corrected chi connectivity index (χ4v) is 2.61. The van der Waals surface area contributed by atoms with Crippen LogP contribution in [0.3, 0.4) is 0 Å². The van der Waals surface area contributed by atoms with E-state index in [1.807, 2.05) is 13.0 Å². The third-order valence-corrected chi connectivity index (χ3v) is 3.37. The van der Waals surface area contributed by atoms with E-state index in [4.69, 9.17) is 9.26 Å². The third-order valence-electron chi connectivity index (χ3n) is 3.37. The Labute approximate surface area is 108 Å². The van der Waals surface area contributed by atoms with Gasteiger partial charge >= 0.3 is 0 Å². The number of aromatic nitrogens is 1. The smallest absolute Gasteiger partial charge is 0.162 e. The first kappa shape index (κ1) is 13.5. The van der Waals surface area contributed by atoms with Crippen molar-refractivity contribution in [3.8, 4) is 0 Å². The summed E-state index contributed by atoms with van der Waals surface area (Å²) < 4.78 is 10.2. The highest BCUT2D eigenvalue weighted by Crippen LogP contribution is 2.23. The molecular formula is C13H22N2O3. The lowest BCUT2D eigenvalue weighted by Gasteiger charge is -2.24. The van der Waals surface area contributed by atoms with Crippen molar-refractivity contribution < 1.29 is 14.4 Å². The van der Waals surface area contributed by atoms with E-state index in [0.717, 1.165) is 37.4 Å². The standard InChI is InChI=1S/C13H22N2O3/c1-10(16)6-12-4-3-5-15(12)8-11-7-13(9-17-2)18-14-11/h7,10,12,16H,3-6,8-9H2,1-2H3. The first-order valence-electron chi connectivity index (χ1n) is 6.54. The van der Waals surface area contributed by atoms with Gasteiger partial charge in [-0.3, -0.25) is 4.90 Å². The molecule has 1 fully saturated rings. The Morgan fingerprint density at radius 3 is 3.22 bits per heavy atom. The molecule has 1 N–H and O–H groups in total. The number of rotatable bonds is 6. The molecule has 0 amide bonds. The molecule has 0 aliphatic carbocycles. The summed E-state index contributed by atoms with van der Waals surface area (Å²) in [5, 5.41) is 13.5. The van der Waals surface area contributed by atoms with Gasteiger partial charge in [0.1, 0.15) is 6.61 Å². The van der Waals surface area contributed by atoms with Crippen LogP contribution in [0.4, 0.5) is 0 Å². The lowest BCUT2D eigenvalue weighted by Crippen LogP contribution is -2.31. The first-order valence-corrected chi connectivity index (χ1v) is 6.54. The van der Waals surface area contributed by atoms with Gasteiger partial charge < -0.3 is 14.4 Å². The maximum atomic E-state index is 9.49. The SMILES string of the molecule is COCc1cc(CN2CCCC2CC(C)O)no1. The molecule has 2 atom stereocenters. The Bertz CT molecular complexity index is 365. The molecule has 2 heterocycles. The summed E-state index contributed by atoms with van der Waals surface area (Å²) >= 11 is 0. The molecule has 1 aromatic rings. The van der Waals surface area contributed by atoms with Gasteiger partial charge in [-0.2, -0.15) is 0 Å². The molecule has 5 heteroatoms. The lowest BCUT2D eigenvalue weighted by molar-refractivity contribution is 0.129. The van der Waals surface area contributed by atoms with E-state index in [9.17, 15) is 5.11 Å². The van der Waals surface area contributed by atoms with E-state index in [1.165, 1.54) is 6.42 Å². The second-order valence-electron chi connectivity index (χ2n) is 5.07. The van der Waals surface area contributed by atoms with Crippen LogP contribution in [0.25, 0.3) is 0 Å². The van der Waals surface area contributed by atoms with Crippen LogP contribution in [0.1, 0.15) is 37.6 Å². The maximum Gasteiger partial charge on any atom is 0.162 e. The number of aliphatic hydroxyl groups is 1. The van der Waals surface area contributed by atoms with E-state index in [-0.39, 0.29) is 6.10 Å². The minimum absolute atomic E-state index is 0.239. The summed E-state index contributed by atoms with van der Waals surface area (Å²) in [6.07, 6.45) is 2.95. The van der Waals surface area contributed by atoms with Gasteiger partial charge in [0, 0.05) is 25.8 Å². The minimum Gasteiger partial charge on any atom is -0.393 e. The molecule has 0 saturated carbocycles. The number of hydrogen-bond acceptors (Lipinski definition) is 5. The molecule has 0 spiro atoms. The van der Waals surface area contributed by atoms with E-state index in [0.29, 0.717) is 12.6 Å². The van der Waals surface area contributed by atoms with E-state index >= 15 is 0 Å². The Hall–Kier alpha value is -0.910. The number of likely N-dealkylation sites (tertiary alicyclic amines) is 1. The van der Waals surface area contributed by atoms with Crippen LogP contribution in [0, 0.1) is 0 Å². The second kappa shape index (κ2) is 6.31. The summed E-state index contributed by atoms with van der Waals surface area (Å²) in [5.41, 5.74) is 0.944. The molecule has 5 nitrogen and oxygen atoms in total. The molecule has 0 radical (unpaired) electrons. The van der Waals surface area contributed by atoms with Gasteiger partial charge in [0.05, 0.1) is 11.8 Å². The van der Waals surface area contributed by atoms with Crippen LogP contribution < -0.4 is 0 Å². The lowest BCUT2D eigenvalue weighted by atomic mass is 10.1. The van der Waals surface area contributed by atoms with Gasteiger partial charge in [-0.15, -0.1) is 0 Å². The molecular weight excluding hydrogens is 232 g/mol. The average Bonchev–Trinajstić information content (AvgIpc) is 2.90. The molecule has 0 aromatic carbocycles. The number of ether oxygens (including phenoxy) is 1. The molecule has 2 rings (SSSR count). The summed E-state index contributed by atoms with van der Waals surface area (Å²) in [6, 6.07) is 2.41. The normalized spacial score (nSPS) is 22.5. The van der Waals surface area contributed by atoms with Crippen molar-refractivity contribution in [1.29, 1.82) is 0 Å². The molecule has 1 saturated heterocycles. The largest absolute Gasteiger partial charge is 0.393 e. The van der Waals surface area contributed by atoms with Crippen molar-refractivity contribution >= 4 is 0 Å². The van der Waals surface area contributed by atoms with Crippen molar-refractivity contribution in [2.75, 3.05) is 13.7 Å². The highest BCUT2D eigenvalue weighted by atomic mass is 16.5. The van der Waals surface area contributed by atoms with Crippen LogP contribution in [0.5, 0.6) is 0 Å². The Balaban J connectivity index is 1.90. The van der Waals surface area contributed by atoms with Crippen LogP contribution >= 0.6 is 0 Å². The molecule has 0 bridgehead atoms. The second-order valence-corrected chi connectivity index (χ2v) is 5.07. The van der Waals surface area contributed by atoms with Crippen LogP contribution in [0.15, 0.2) is 10.6 Å². The van der Waals surface area contributed by atoms with Crippen LogP contribution in [-0.4, -0.2) is 41.0 Å². The van der Waals surface area contributed by atoms with Crippen LogP contribution in [-0.2, 0) is 17.9 Å². The zero-order valence-corrected chi connectivity index (χ0v) is 11.1. The fraction of sp³-hybridized carbons (Fsp3) is 0.769. The number of methoxy groups -OCH3 is 1. The van der Waals surface area contributed by atoms with Gasteiger partial charge in [-0.25, -0.2) is 0 Å². The number of nitrogens with zero attached hydrogens (tertiary/aromatic N) is 2. The Kier molecular flexibility index (Phi) is 4.74. The van der Waals surface area contributed by atoms with Gasteiger partial charge in [0.2, 0.25) is 0 Å². The first-order chi connectivity index (χ1) is 8.69. The highest BCUT2D eigenvalue weighted by Gasteiger charge is 2.26. The van der Waals surface area contributed by atoms with Crippen LogP contribution in [0.2, 0.25) is 0 Å². The Morgan fingerprint density at radius 2 is 2.50 bits per heavy atom. The Morgan fingerprint density at radius 1 is 1.67 bits per heavy atom. The van der Waals surface area contributed by atoms with E-state index < -0.39 is 0 Å². The summed E-state index contributed by atoms with van der Waals surface area (Å²) in [6.45, 7) is 4.18. The highest BCUT2D eigenvalue weighted by molar-refractivity contribution is 5.05. The predicted molar refractivity (Wildman–Crippen MR) is 66.9 cm³/mol. The topological polar surface area (TPSA) is 58.7 Å². The zero-order valence-electron chi connectivity index (χ0n) is 11.1. The van der Waals surface area contributed by atoms with Crippen molar-refractivity contribution in [3.63, 3.8) is 0 Å². The fourth-order valence-electron chi connectivity index (χ4n) is 2.61. The average molecular weight is 254 g/mol. The van der Waals surface area contributed by atoms with Crippen molar-refractivity contribution in [3.05, 3.63) is 17.5 Å². The van der Waals surface area contributed by atoms with Crippen molar-refractivity contribution in [2.45, 2.75) is 51.5 Å². The maximum absolute atomic E-state index is 9.49. The van der Waals surface area contributed by atoms with Gasteiger partial charge in [0.25, 0.3) is 0 Å². The number of hydrogen-bond donors (Lipinski definition) is 1.